The molecule has 0 aliphatic heterocycles. The van der Waals surface area contributed by atoms with Crippen LogP contribution >= 0.6 is 0 Å². The van der Waals surface area contributed by atoms with Gasteiger partial charge in [0, 0.05) is 0 Å². The number of aliphatic hydroxyl groups is 1. The Hall–Kier alpha value is -0.0400. The minimum atomic E-state index is 0.0189. The van der Waals surface area contributed by atoms with E-state index in [-0.39, 0.29) is 6.10 Å². The molecule has 4 unspecified atom stereocenters. The number of fused-ring (bicyclic) bond motifs is 1. The van der Waals surface area contributed by atoms with Gasteiger partial charge in [0.05, 0.1) is 6.10 Å². The summed E-state index contributed by atoms with van der Waals surface area (Å²) in [6, 6.07) is 0. The van der Waals surface area contributed by atoms with Crippen LogP contribution in [0.1, 0.15) is 103 Å². The standard InChI is InChI=1S/C20H38O/c1-2-3-4-5-6-7-8-9-11-17-12-10-13-18-14-15-19(21)16-20(17)18/h17-21H,2-16H2,1H3. The molecule has 0 aromatic rings. The van der Waals surface area contributed by atoms with E-state index in [1.807, 2.05) is 0 Å². The Morgan fingerprint density at radius 1 is 0.810 bits per heavy atom. The van der Waals surface area contributed by atoms with E-state index in [1.54, 1.807) is 0 Å². The van der Waals surface area contributed by atoms with Crippen LogP contribution in [0, 0.1) is 17.8 Å². The van der Waals surface area contributed by atoms with Gasteiger partial charge in [0.1, 0.15) is 0 Å². The number of hydrogen-bond acceptors (Lipinski definition) is 1. The van der Waals surface area contributed by atoms with Crippen molar-refractivity contribution in [2.75, 3.05) is 0 Å². The predicted molar refractivity (Wildman–Crippen MR) is 91.4 cm³/mol. The van der Waals surface area contributed by atoms with Crippen LogP contribution in [0.25, 0.3) is 0 Å². The molecule has 2 fully saturated rings. The van der Waals surface area contributed by atoms with Crippen molar-refractivity contribution in [2.45, 2.75) is 109 Å². The van der Waals surface area contributed by atoms with Crippen LogP contribution in [-0.4, -0.2) is 11.2 Å². The normalized spacial score (nSPS) is 32.9. The first-order chi connectivity index (χ1) is 10.3. The topological polar surface area (TPSA) is 20.2 Å². The highest BCUT2D eigenvalue weighted by Gasteiger charge is 2.36. The number of aliphatic hydroxyl groups excluding tert-OH is 1. The first kappa shape index (κ1) is 17.3. The van der Waals surface area contributed by atoms with Gasteiger partial charge < -0.3 is 5.11 Å². The van der Waals surface area contributed by atoms with E-state index in [1.165, 1.54) is 83.5 Å². The summed E-state index contributed by atoms with van der Waals surface area (Å²) in [6.45, 7) is 2.29. The zero-order valence-corrected chi connectivity index (χ0v) is 14.4. The lowest BCUT2D eigenvalue weighted by Crippen LogP contribution is -2.35. The molecular weight excluding hydrogens is 256 g/mol. The fraction of sp³-hybridized carbons (Fsp3) is 1.00. The van der Waals surface area contributed by atoms with E-state index in [2.05, 4.69) is 6.92 Å². The van der Waals surface area contributed by atoms with Crippen LogP contribution < -0.4 is 0 Å². The highest BCUT2D eigenvalue weighted by Crippen LogP contribution is 2.45. The molecular formula is C20H38O. The first-order valence-electron chi connectivity index (χ1n) is 9.99. The zero-order valence-electron chi connectivity index (χ0n) is 14.4. The molecule has 0 heterocycles. The maximum Gasteiger partial charge on any atom is 0.0543 e. The fourth-order valence-corrected chi connectivity index (χ4v) is 4.94. The predicted octanol–water partition coefficient (Wildman–Crippen LogP) is 6.09. The third-order valence-electron chi connectivity index (χ3n) is 6.20. The van der Waals surface area contributed by atoms with Gasteiger partial charge in [-0.25, -0.2) is 0 Å². The average molecular weight is 295 g/mol. The van der Waals surface area contributed by atoms with Gasteiger partial charge in [0.15, 0.2) is 0 Å². The monoisotopic (exact) mass is 294 g/mol. The second-order valence-electron chi connectivity index (χ2n) is 7.85. The van der Waals surface area contributed by atoms with Crippen molar-refractivity contribution in [2.24, 2.45) is 17.8 Å². The van der Waals surface area contributed by atoms with E-state index in [0.717, 1.165) is 30.6 Å². The molecule has 1 nitrogen and oxygen atoms in total. The number of unbranched alkanes of at least 4 members (excludes halogenated alkanes) is 7. The summed E-state index contributed by atoms with van der Waals surface area (Å²) >= 11 is 0. The Kier molecular flexibility index (Phi) is 8.14. The fourth-order valence-electron chi connectivity index (χ4n) is 4.94. The van der Waals surface area contributed by atoms with Crippen molar-refractivity contribution in [1.82, 2.24) is 0 Å². The second-order valence-corrected chi connectivity index (χ2v) is 7.85. The molecule has 0 radical (unpaired) electrons. The second kappa shape index (κ2) is 9.87. The maximum atomic E-state index is 9.98. The van der Waals surface area contributed by atoms with Gasteiger partial charge in [-0.2, -0.15) is 0 Å². The van der Waals surface area contributed by atoms with Crippen LogP contribution in [0.15, 0.2) is 0 Å². The summed E-state index contributed by atoms with van der Waals surface area (Å²) in [4.78, 5) is 0. The highest BCUT2D eigenvalue weighted by molar-refractivity contribution is 4.87. The molecule has 2 aliphatic carbocycles. The van der Waals surface area contributed by atoms with Crippen molar-refractivity contribution in [3.63, 3.8) is 0 Å². The SMILES string of the molecule is CCCCCCCCCCC1CCCC2CCC(O)CC12. The summed E-state index contributed by atoms with van der Waals surface area (Å²) < 4.78 is 0. The lowest BCUT2D eigenvalue weighted by Gasteiger charge is -2.43. The van der Waals surface area contributed by atoms with Crippen LogP contribution in [0.5, 0.6) is 0 Å². The first-order valence-corrected chi connectivity index (χ1v) is 9.99. The van der Waals surface area contributed by atoms with E-state index in [9.17, 15) is 5.11 Å². The molecule has 2 aliphatic rings. The third-order valence-corrected chi connectivity index (χ3v) is 6.20. The Morgan fingerprint density at radius 2 is 1.52 bits per heavy atom. The Balaban J connectivity index is 1.56. The highest BCUT2D eigenvalue weighted by atomic mass is 16.3. The summed E-state index contributed by atoms with van der Waals surface area (Å²) in [7, 11) is 0. The largest absolute Gasteiger partial charge is 0.393 e. The van der Waals surface area contributed by atoms with Crippen LogP contribution in [0.2, 0.25) is 0 Å². The van der Waals surface area contributed by atoms with Gasteiger partial charge in [-0.1, -0.05) is 84.0 Å². The molecule has 0 aromatic carbocycles. The van der Waals surface area contributed by atoms with Gasteiger partial charge in [-0.05, 0) is 37.0 Å². The molecule has 0 bridgehead atoms. The van der Waals surface area contributed by atoms with Crippen molar-refractivity contribution < 1.29 is 5.11 Å². The van der Waals surface area contributed by atoms with Crippen molar-refractivity contribution in [3.05, 3.63) is 0 Å². The minimum absolute atomic E-state index is 0.0189. The molecule has 1 heteroatoms. The lowest BCUT2D eigenvalue weighted by molar-refractivity contribution is 0.0156. The van der Waals surface area contributed by atoms with Gasteiger partial charge in [-0.15, -0.1) is 0 Å². The Morgan fingerprint density at radius 3 is 2.29 bits per heavy atom. The number of rotatable bonds is 9. The average Bonchev–Trinajstić information content (AvgIpc) is 2.50. The molecule has 21 heavy (non-hydrogen) atoms. The molecule has 2 rings (SSSR count). The van der Waals surface area contributed by atoms with Gasteiger partial charge in [0.2, 0.25) is 0 Å². The molecule has 0 spiro atoms. The third kappa shape index (κ3) is 5.93. The van der Waals surface area contributed by atoms with E-state index in [0.29, 0.717) is 0 Å². The van der Waals surface area contributed by atoms with Gasteiger partial charge in [-0.3, -0.25) is 0 Å². The quantitative estimate of drug-likeness (QED) is 0.510. The molecule has 0 amide bonds. The van der Waals surface area contributed by atoms with Gasteiger partial charge in [0.25, 0.3) is 0 Å². The van der Waals surface area contributed by atoms with E-state index in [4.69, 9.17) is 0 Å². The Bertz CT molecular complexity index is 263. The molecule has 1 N–H and O–H groups in total. The van der Waals surface area contributed by atoms with E-state index >= 15 is 0 Å². The Labute approximate surface area is 132 Å². The summed E-state index contributed by atoms with van der Waals surface area (Å²) in [6.07, 6.45) is 20.8. The van der Waals surface area contributed by atoms with Crippen molar-refractivity contribution >= 4 is 0 Å². The minimum Gasteiger partial charge on any atom is -0.393 e. The van der Waals surface area contributed by atoms with E-state index < -0.39 is 0 Å². The maximum absolute atomic E-state index is 9.98. The summed E-state index contributed by atoms with van der Waals surface area (Å²) in [5, 5.41) is 9.98. The van der Waals surface area contributed by atoms with Gasteiger partial charge >= 0.3 is 0 Å². The van der Waals surface area contributed by atoms with Crippen molar-refractivity contribution in [3.8, 4) is 0 Å². The smallest absolute Gasteiger partial charge is 0.0543 e. The summed E-state index contributed by atoms with van der Waals surface area (Å²) in [5.41, 5.74) is 0. The molecule has 0 aromatic heterocycles. The van der Waals surface area contributed by atoms with Crippen LogP contribution in [0.3, 0.4) is 0 Å². The van der Waals surface area contributed by atoms with Crippen LogP contribution in [-0.2, 0) is 0 Å². The lowest BCUT2D eigenvalue weighted by atomic mass is 9.64. The van der Waals surface area contributed by atoms with Crippen molar-refractivity contribution in [1.29, 1.82) is 0 Å². The summed E-state index contributed by atoms with van der Waals surface area (Å²) in [5.74, 6) is 2.77. The molecule has 124 valence electrons. The molecule has 4 atom stereocenters. The molecule has 0 saturated heterocycles. The zero-order chi connectivity index (χ0) is 14.9. The van der Waals surface area contributed by atoms with Crippen LogP contribution in [0.4, 0.5) is 0 Å². The molecule has 2 saturated carbocycles. The number of hydrogen-bond donors (Lipinski definition) is 1.